The monoisotopic (exact) mass is 287 g/mol. The second-order valence-corrected chi connectivity index (χ2v) is 5.44. The van der Waals surface area contributed by atoms with Gasteiger partial charge in [-0.3, -0.25) is 0 Å². The summed E-state index contributed by atoms with van der Waals surface area (Å²) in [5.41, 5.74) is -0.413. The fraction of sp³-hybridized carbons (Fsp3) is 0.600. The van der Waals surface area contributed by atoms with Crippen LogP contribution in [0.1, 0.15) is 43.4 Å². The van der Waals surface area contributed by atoms with Crippen molar-refractivity contribution in [1.82, 2.24) is 5.32 Å². The minimum absolute atomic E-state index is 0.298. The van der Waals surface area contributed by atoms with E-state index in [0.29, 0.717) is 24.1 Å². The van der Waals surface area contributed by atoms with Gasteiger partial charge in [0.15, 0.2) is 0 Å². The average Bonchev–Trinajstić information content (AvgIpc) is 3.14. The summed E-state index contributed by atoms with van der Waals surface area (Å²) in [5.74, 6) is 0.661. The van der Waals surface area contributed by atoms with E-state index in [1.54, 1.807) is 0 Å². The van der Waals surface area contributed by atoms with Crippen molar-refractivity contribution in [3.63, 3.8) is 0 Å². The lowest BCUT2D eigenvalue weighted by Gasteiger charge is -2.14. The van der Waals surface area contributed by atoms with Crippen molar-refractivity contribution < 1.29 is 18.3 Å². The number of rotatable bonds is 6. The molecule has 1 saturated carbocycles. The highest BCUT2D eigenvalue weighted by Crippen LogP contribution is 2.35. The molecule has 20 heavy (non-hydrogen) atoms. The molecule has 0 bridgehead atoms. The Morgan fingerprint density at radius 1 is 1.40 bits per heavy atom. The quantitative estimate of drug-likeness (QED) is 0.839. The minimum Gasteiger partial charge on any atom is -0.387 e. The number of halogens is 3. The van der Waals surface area contributed by atoms with E-state index in [2.05, 4.69) is 12.2 Å². The van der Waals surface area contributed by atoms with Crippen molar-refractivity contribution in [1.29, 1.82) is 0 Å². The van der Waals surface area contributed by atoms with Gasteiger partial charge in [-0.25, -0.2) is 0 Å². The lowest BCUT2D eigenvalue weighted by atomic mass is 10.1. The van der Waals surface area contributed by atoms with Gasteiger partial charge in [0.1, 0.15) is 0 Å². The predicted molar refractivity (Wildman–Crippen MR) is 71.2 cm³/mol. The van der Waals surface area contributed by atoms with Gasteiger partial charge >= 0.3 is 6.18 Å². The second-order valence-electron chi connectivity index (χ2n) is 5.44. The molecule has 0 amide bonds. The zero-order chi connectivity index (χ0) is 14.8. The number of benzene rings is 1. The zero-order valence-corrected chi connectivity index (χ0v) is 11.5. The molecule has 0 radical (unpaired) electrons. The third-order valence-electron chi connectivity index (χ3n) is 3.75. The Labute approximate surface area is 117 Å². The van der Waals surface area contributed by atoms with E-state index in [0.717, 1.165) is 31.4 Å². The molecule has 1 aliphatic rings. The first-order chi connectivity index (χ1) is 9.41. The van der Waals surface area contributed by atoms with Crippen LogP contribution in [0.15, 0.2) is 24.3 Å². The molecule has 0 aromatic heterocycles. The van der Waals surface area contributed by atoms with Crippen LogP contribution >= 0.6 is 0 Å². The van der Waals surface area contributed by atoms with Gasteiger partial charge in [0.05, 0.1) is 11.7 Å². The maximum atomic E-state index is 12.6. The van der Waals surface area contributed by atoms with Crippen LogP contribution in [0.25, 0.3) is 0 Å². The molecule has 0 saturated heterocycles. The molecule has 1 aromatic rings. The Morgan fingerprint density at radius 2 is 2.15 bits per heavy atom. The van der Waals surface area contributed by atoms with E-state index in [1.165, 1.54) is 12.1 Å². The number of aliphatic hydroxyl groups is 1. The SMILES string of the molecule is CCCC1CC1NCC(O)c1cccc(C(F)(F)F)c1. The first-order valence-corrected chi connectivity index (χ1v) is 7.00. The van der Waals surface area contributed by atoms with Gasteiger partial charge < -0.3 is 10.4 Å². The second kappa shape index (κ2) is 6.14. The lowest BCUT2D eigenvalue weighted by Crippen LogP contribution is -2.25. The van der Waals surface area contributed by atoms with Crippen molar-refractivity contribution >= 4 is 0 Å². The molecule has 0 spiro atoms. The Morgan fingerprint density at radius 3 is 2.80 bits per heavy atom. The summed E-state index contributed by atoms with van der Waals surface area (Å²) < 4.78 is 37.8. The van der Waals surface area contributed by atoms with Crippen LogP contribution in [0.2, 0.25) is 0 Å². The van der Waals surface area contributed by atoms with Crippen LogP contribution in [-0.4, -0.2) is 17.7 Å². The molecule has 0 heterocycles. The molecule has 1 aromatic carbocycles. The van der Waals surface area contributed by atoms with Gasteiger partial charge in [0.25, 0.3) is 0 Å². The van der Waals surface area contributed by atoms with Crippen molar-refractivity contribution in [3.05, 3.63) is 35.4 Å². The molecule has 2 rings (SSSR count). The third-order valence-corrected chi connectivity index (χ3v) is 3.75. The maximum absolute atomic E-state index is 12.6. The van der Waals surface area contributed by atoms with Gasteiger partial charge in [0, 0.05) is 12.6 Å². The minimum atomic E-state index is -4.37. The van der Waals surface area contributed by atoms with Crippen molar-refractivity contribution in [2.75, 3.05) is 6.54 Å². The third kappa shape index (κ3) is 3.96. The Kier molecular flexibility index (Phi) is 4.70. The summed E-state index contributed by atoms with van der Waals surface area (Å²) in [6, 6.07) is 5.30. The van der Waals surface area contributed by atoms with Crippen LogP contribution in [0.5, 0.6) is 0 Å². The van der Waals surface area contributed by atoms with E-state index in [4.69, 9.17) is 0 Å². The molecule has 1 aliphatic carbocycles. The summed E-state index contributed by atoms with van der Waals surface area (Å²) in [7, 11) is 0. The normalized spacial score (nSPS) is 23.6. The first kappa shape index (κ1) is 15.3. The number of nitrogens with one attached hydrogen (secondary N) is 1. The van der Waals surface area contributed by atoms with Gasteiger partial charge in [-0.1, -0.05) is 25.5 Å². The fourth-order valence-electron chi connectivity index (χ4n) is 2.49. The summed E-state index contributed by atoms with van der Waals surface area (Å²) in [5, 5.41) is 13.2. The molecular formula is C15H20F3NO. The lowest BCUT2D eigenvalue weighted by molar-refractivity contribution is -0.137. The molecule has 112 valence electrons. The van der Waals surface area contributed by atoms with E-state index >= 15 is 0 Å². The van der Waals surface area contributed by atoms with Crippen LogP contribution in [-0.2, 0) is 6.18 Å². The van der Waals surface area contributed by atoms with Crippen molar-refractivity contribution in [2.45, 2.75) is 44.5 Å². The topological polar surface area (TPSA) is 32.3 Å². The van der Waals surface area contributed by atoms with E-state index < -0.39 is 17.8 Å². The average molecular weight is 287 g/mol. The molecule has 3 atom stereocenters. The van der Waals surface area contributed by atoms with Crippen LogP contribution in [0.3, 0.4) is 0 Å². The number of aliphatic hydroxyl groups excluding tert-OH is 1. The van der Waals surface area contributed by atoms with Crippen molar-refractivity contribution in [2.24, 2.45) is 5.92 Å². The van der Waals surface area contributed by atoms with Gasteiger partial charge in [0.2, 0.25) is 0 Å². The smallest absolute Gasteiger partial charge is 0.387 e. The number of hydrogen-bond acceptors (Lipinski definition) is 2. The highest BCUT2D eigenvalue weighted by atomic mass is 19.4. The van der Waals surface area contributed by atoms with Crippen LogP contribution in [0.4, 0.5) is 13.2 Å². The highest BCUT2D eigenvalue weighted by Gasteiger charge is 2.36. The number of alkyl halides is 3. The summed E-state index contributed by atoms with van der Waals surface area (Å²) in [4.78, 5) is 0. The van der Waals surface area contributed by atoms with E-state index in [9.17, 15) is 18.3 Å². The van der Waals surface area contributed by atoms with Gasteiger partial charge in [-0.05, 0) is 36.5 Å². The standard InChI is InChI=1S/C15H20F3NO/c1-2-4-10-8-13(10)19-9-14(20)11-5-3-6-12(7-11)15(16,17)18/h3,5-7,10,13-14,19-20H,2,4,8-9H2,1H3. The van der Waals surface area contributed by atoms with Gasteiger partial charge in [-0.15, -0.1) is 0 Å². The van der Waals surface area contributed by atoms with Crippen LogP contribution in [0, 0.1) is 5.92 Å². The first-order valence-electron chi connectivity index (χ1n) is 7.00. The molecule has 3 unspecified atom stereocenters. The zero-order valence-electron chi connectivity index (χ0n) is 11.5. The molecule has 2 N–H and O–H groups in total. The molecule has 5 heteroatoms. The Bertz CT molecular complexity index is 447. The summed E-state index contributed by atoms with van der Waals surface area (Å²) in [6.45, 7) is 2.43. The largest absolute Gasteiger partial charge is 0.416 e. The highest BCUT2D eigenvalue weighted by molar-refractivity contribution is 5.27. The van der Waals surface area contributed by atoms with E-state index in [1.807, 2.05) is 0 Å². The molecular weight excluding hydrogens is 267 g/mol. The summed E-state index contributed by atoms with van der Waals surface area (Å²) >= 11 is 0. The Balaban J connectivity index is 1.88. The van der Waals surface area contributed by atoms with Crippen LogP contribution < -0.4 is 5.32 Å². The number of hydrogen-bond donors (Lipinski definition) is 2. The summed E-state index contributed by atoms with van der Waals surface area (Å²) in [6.07, 6.45) is -1.87. The molecule has 0 aliphatic heterocycles. The maximum Gasteiger partial charge on any atom is 0.416 e. The molecule has 1 fully saturated rings. The van der Waals surface area contributed by atoms with Crippen molar-refractivity contribution in [3.8, 4) is 0 Å². The predicted octanol–water partition coefficient (Wildman–Crippen LogP) is 3.52. The van der Waals surface area contributed by atoms with Gasteiger partial charge in [-0.2, -0.15) is 13.2 Å². The van der Waals surface area contributed by atoms with E-state index in [-0.39, 0.29) is 0 Å². The molecule has 2 nitrogen and oxygen atoms in total. The fourth-order valence-corrected chi connectivity index (χ4v) is 2.49. The Hall–Kier alpha value is -1.07.